The molecule has 1 aliphatic heterocycles. The maximum Gasteiger partial charge on any atom is 0.254 e. The Labute approximate surface area is 135 Å². The van der Waals surface area contributed by atoms with Gasteiger partial charge < -0.3 is 10.1 Å². The van der Waals surface area contributed by atoms with E-state index in [0.29, 0.717) is 24.8 Å². The molecule has 2 heterocycles. The highest BCUT2D eigenvalue weighted by molar-refractivity contribution is 5.32. The number of aromatic hydroxyl groups is 1. The Kier molecular flexibility index (Phi) is 3.65. The summed E-state index contributed by atoms with van der Waals surface area (Å²) in [6.45, 7) is 2.16. The fraction of sp³-hybridized carbons (Fsp3) is 0.444. The Morgan fingerprint density at radius 1 is 1.30 bits per heavy atom. The first kappa shape index (κ1) is 14.5. The maximum absolute atomic E-state index is 12.3. The van der Waals surface area contributed by atoms with Gasteiger partial charge in [0.15, 0.2) is 0 Å². The van der Waals surface area contributed by atoms with Crippen LogP contribution in [0.5, 0.6) is 5.75 Å². The third-order valence-electron chi connectivity index (χ3n) is 4.77. The minimum atomic E-state index is 0.0351. The highest BCUT2D eigenvalue weighted by Gasteiger charge is 2.25. The van der Waals surface area contributed by atoms with Crippen LogP contribution in [0.15, 0.2) is 29.1 Å². The van der Waals surface area contributed by atoms with Crippen molar-refractivity contribution in [2.45, 2.75) is 38.8 Å². The number of benzene rings is 1. The van der Waals surface area contributed by atoms with Gasteiger partial charge in [-0.2, -0.15) is 0 Å². The number of aromatic amines is 1. The summed E-state index contributed by atoms with van der Waals surface area (Å²) in [6.07, 6.45) is 4.11. The first-order valence-corrected chi connectivity index (χ1v) is 8.29. The van der Waals surface area contributed by atoms with Crippen LogP contribution in [0, 0.1) is 5.92 Å². The molecule has 2 N–H and O–H groups in total. The van der Waals surface area contributed by atoms with Crippen LogP contribution in [0.4, 0.5) is 0 Å². The molecule has 4 rings (SSSR count). The Morgan fingerprint density at radius 2 is 2.13 bits per heavy atom. The van der Waals surface area contributed by atoms with Crippen LogP contribution in [-0.2, 0) is 25.9 Å². The number of hydrogen-bond donors (Lipinski definition) is 2. The van der Waals surface area contributed by atoms with E-state index in [1.54, 1.807) is 6.07 Å². The van der Waals surface area contributed by atoms with Crippen molar-refractivity contribution < 1.29 is 5.11 Å². The molecule has 5 heteroatoms. The SMILES string of the molecule is O=c1[nH]c(CC2CC2)nc2c1CCN(Cc1ccccc1O)C2. The molecule has 1 aromatic carbocycles. The van der Waals surface area contributed by atoms with Crippen LogP contribution in [-0.4, -0.2) is 26.5 Å². The van der Waals surface area contributed by atoms with E-state index in [0.717, 1.165) is 42.0 Å². The number of nitrogens with one attached hydrogen (secondary N) is 1. The number of hydrogen-bond acceptors (Lipinski definition) is 4. The molecule has 1 aromatic heterocycles. The zero-order valence-corrected chi connectivity index (χ0v) is 13.1. The smallest absolute Gasteiger partial charge is 0.254 e. The molecule has 120 valence electrons. The van der Waals surface area contributed by atoms with Crippen LogP contribution < -0.4 is 5.56 Å². The lowest BCUT2D eigenvalue weighted by molar-refractivity contribution is 0.237. The van der Waals surface area contributed by atoms with E-state index in [9.17, 15) is 9.90 Å². The second-order valence-corrected chi connectivity index (χ2v) is 6.67. The summed E-state index contributed by atoms with van der Waals surface area (Å²) < 4.78 is 0. The van der Waals surface area contributed by atoms with Crippen LogP contribution in [0.25, 0.3) is 0 Å². The average Bonchev–Trinajstić information content (AvgIpc) is 3.33. The number of H-pyrrole nitrogens is 1. The second kappa shape index (κ2) is 5.81. The van der Waals surface area contributed by atoms with E-state index in [1.165, 1.54) is 12.8 Å². The molecule has 0 bridgehead atoms. The summed E-state index contributed by atoms with van der Waals surface area (Å²) in [7, 11) is 0. The zero-order valence-electron chi connectivity index (χ0n) is 13.1. The van der Waals surface area contributed by atoms with Gasteiger partial charge >= 0.3 is 0 Å². The largest absolute Gasteiger partial charge is 0.508 e. The van der Waals surface area contributed by atoms with Crippen molar-refractivity contribution in [2.24, 2.45) is 5.92 Å². The Balaban J connectivity index is 1.54. The van der Waals surface area contributed by atoms with Crippen LogP contribution in [0.2, 0.25) is 0 Å². The Hall–Kier alpha value is -2.14. The van der Waals surface area contributed by atoms with E-state index in [1.807, 2.05) is 18.2 Å². The number of phenols is 1. The van der Waals surface area contributed by atoms with Gasteiger partial charge in [-0.05, 0) is 31.2 Å². The van der Waals surface area contributed by atoms with Crippen LogP contribution >= 0.6 is 0 Å². The summed E-state index contributed by atoms with van der Waals surface area (Å²) in [5.41, 5.74) is 2.69. The molecule has 0 radical (unpaired) electrons. The maximum atomic E-state index is 12.3. The minimum Gasteiger partial charge on any atom is -0.508 e. The highest BCUT2D eigenvalue weighted by atomic mass is 16.3. The fourth-order valence-corrected chi connectivity index (χ4v) is 3.26. The molecule has 0 spiro atoms. The summed E-state index contributed by atoms with van der Waals surface area (Å²) in [5.74, 6) is 1.87. The Morgan fingerprint density at radius 3 is 2.91 bits per heavy atom. The van der Waals surface area contributed by atoms with Crippen LogP contribution in [0.1, 0.15) is 35.5 Å². The number of phenolic OH excluding ortho intramolecular Hbond substituents is 1. The number of para-hydroxylation sites is 1. The lowest BCUT2D eigenvalue weighted by atomic mass is 10.0. The molecule has 1 aliphatic carbocycles. The number of rotatable bonds is 4. The van der Waals surface area contributed by atoms with Gasteiger partial charge in [0.25, 0.3) is 5.56 Å². The normalized spacial score (nSPS) is 17.9. The van der Waals surface area contributed by atoms with E-state index >= 15 is 0 Å². The molecule has 23 heavy (non-hydrogen) atoms. The van der Waals surface area contributed by atoms with E-state index in [-0.39, 0.29) is 5.56 Å². The summed E-state index contributed by atoms with van der Waals surface area (Å²) >= 11 is 0. The van der Waals surface area contributed by atoms with Crippen molar-refractivity contribution in [1.82, 2.24) is 14.9 Å². The average molecular weight is 311 g/mol. The molecule has 1 fully saturated rings. The van der Waals surface area contributed by atoms with Gasteiger partial charge in [-0.1, -0.05) is 18.2 Å². The van der Waals surface area contributed by atoms with E-state index < -0.39 is 0 Å². The lowest BCUT2D eigenvalue weighted by Gasteiger charge is -2.28. The van der Waals surface area contributed by atoms with Gasteiger partial charge in [-0.15, -0.1) is 0 Å². The van der Waals surface area contributed by atoms with Crippen molar-refractivity contribution in [2.75, 3.05) is 6.54 Å². The van der Waals surface area contributed by atoms with Gasteiger partial charge in [0.2, 0.25) is 0 Å². The molecule has 2 aromatic rings. The molecular formula is C18H21N3O2. The highest BCUT2D eigenvalue weighted by Crippen LogP contribution is 2.31. The van der Waals surface area contributed by atoms with Gasteiger partial charge in [0, 0.05) is 37.2 Å². The third kappa shape index (κ3) is 3.15. The molecular weight excluding hydrogens is 290 g/mol. The second-order valence-electron chi connectivity index (χ2n) is 6.67. The molecule has 0 saturated heterocycles. The molecule has 1 saturated carbocycles. The van der Waals surface area contributed by atoms with Gasteiger partial charge in [0.05, 0.1) is 5.69 Å². The predicted molar refractivity (Wildman–Crippen MR) is 87.2 cm³/mol. The summed E-state index contributed by atoms with van der Waals surface area (Å²) in [6, 6.07) is 7.41. The van der Waals surface area contributed by atoms with Crippen molar-refractivity contribution in [3.05, 3.63) is 57.3 Å². The Bertz CT molecular complexity index is 780. The third-order valence-corrected chi connectivity index (χ3v) is 4.77. The molecule has 0 unspecified atom stereocenters. The van der Waals surface area contributed by atoms with Crippen LogP contribution in [0.3, 0.4) is 0 Å². The first-order valence-electron chi connectivity index (χ1n) is 8.29. The van der Waals surface area contributed by atoms with Crippen molar-refractivity contribution >= 4 is 0 Å². The molecule has 0 amide bonds. The number of nitrogens with zero attached hydrogens (tertiary/aromatic N) is 2. The zero-order chi connectivity index (χ0) is 15.8. The summed E-state index contributed by atoms with van der Waals surface area (Å²) in [5, 5.41) is 9.93. The van der Waals surface area contributed by atoms with Crippen molar-refractivity contribution in [3.8, 4) is 5.75 Å². The molecule has 2 aliphatic rings. The fourth-order valence-electron chi connectivity index (χ4n) is 3.26. The first-order chi connectivity index (χ1) is 11.2. The van der Waals surface area contributed by atoms with Crippen molar-refractivity contribution in [1.29, 1.82) is 0 Å². The van der Waals surface area contributed by atoms with Gasteiger partial charge in [-0.3, -0.25) is 9.69 Å². The predicted octanol–water partition coefficient (Wildman–Crippen LogP) is 1.99. The van der Waals surface area contributed by atoms with Gasteiger partial charge in [-0.25, -0.2) is 4.98 Å². The lowest BCUT2D eigenvalue weighted by Crippen LogP contribution is -2.35. The van der Waals surface area contributed by atoms with Crippen molar-refractivity contribution in [3.63, 3.8) is 0 Å². The summed E-state index contributed by atoms with van der Waals surface area (Å²) in [4.78, 5) is 22.2. The molecule has 5 nitrogen and oxygen atoms in total. The van der Waals surface area contributed by atoms with Gasteiger partial charge in [0.1, 0.15) is 11.6 Å². The monoisotopic (exact) mass is 311 g/mol. The minimum absolute atomic E-state index is 0.0351. The number of fused-ring (bicyclic) bond motifs is 1. The number of aromatic nitrogens is 2. The molecule has 0 atom stereocenters. The van der Waals surface area contributed by atoms with E-state index in [4.69, 9.17) is 4.98 Å². The topological polar surface area (TPSA) is 69.2 Å². The standard InChI is InChI=1S/C18H21N3O2/c22-16-4-2-1-3-13(16)10-21-8-7-14-15(11-21)19-17(20-18(14)23)9-12-5-6-12/h1-4,12,22H,5-11H2,(H,19,20,23). The van der Waals surface area contributed by atoms with E-state index in [2.05, 4.69) is 9.88 Å². The quantitative estimate of drug-likeness (QED) is 0.906.